The maximum absolute atomic E-state index is 10.5. The normalized spacial score (nSPS) is 39.2. The summed E-state index contributed by atoms with van der Waals surface area (Å²) in [4.78, 5) is 2.41. The lowest BCUT2D eigenvalue weighted by Gasteiger charge is -2.40. The molecule has 2 rings (SSSR count). The first kappa shape index (κ1) is 11.4. The Balaban J connectivity index is 1.81. The van der Waals surface area contributed by atoms with Crippen molar-refractivity contribution in [1.82, 2.24) is 10.2 Å². The molecule has 1 saturated heterocycles. The van der Waals surface area contributed by atoms with Crippen molar-refractivity contribution in [2.45, 2.75) is 38.2 Å². The zero-order valence-corrected chi connectivity index (χ0v) is 9.84. The number of piperazine rings is 1. The number of β-amino-alcohol motifs (C(OH)–C–C–N with tert-alkyl or cyclic N) is 1. The summed E-state index contributed by atoms with van der Waals surface area (Å²) in [5, 5.41) is 13.8. The van der Waals surface area contributed by atoms with E-state index in [9.17, 15) is 5.11 Å². The van der Waals surface area contributed by atoms with Crippen LogP contribution in [-0.4, -0.2) is 48.3 Å². The molecule has 0 aromatic carbocycles. The Kier molecular flexibility index (Phi) is 3.65. The SMILES string of the molecule is CC1CCC(O)(CN2CCNCC2)CC1. The molecule has 0 spiro atoms. The molecule has 1 aliphatic heterocycles. The third-order valence-corrected chi connectivity index (χ3v) is 3.93. The molecule has 0 amide bonds. The molecule has 1 saturated carbocycles. The van der Waals surface area contributed by atoms with E-state index in [1.165, 1.54) is 12.8 Å². The van der Waals surface area contributed by atoms with Crippen LogP contribution in [0.2, 0.25) is 0 Å². The summed E-state index contributed by atoms with van der Waals surface area (Å²) in [6.45, 7) is 7.53. The van der Waals surface area contributed by atoms with Gasteiger partial charge in [0.15, 0.2) is 0 Å². The largest absolute Gasteiger partial charge is 0.389 e. The third-order valence-electron chi connectivity index (χ3n) is 3.93. The van der Waals surface area contributed by atoms with Crippen molar-refractivity contribution in [1.29, 1.82) is 0 Å². The molecule has 0 unspecified atom stereocenters. The van der Waals surface area contributed by atoms with Gasteiger partial charge in [-0.15, -0.1) is 0 Å². The van der Waals surface area contributed by atoms with Crippen molar-refractivity contribution >= 4 is 0 Å². The van der Waals surface area contributed by atoms with E-state index in [-0.39, 0.29) is 5.60 Å². The Morgan fingerprint density at radius 2 is 1.87 bits per heavy atom. The van der Waals surface area contributed by atoms with Crippen LogP contribution in [0.3, 0.4) is 0 Å². The highest BCUT2D eigenvalue weighted by molar-refractivity contribution is 4.88. The zero-order chi connectivity index (χ0) is 10.7. The second kappa shape index (κ2) is 4.81. The lowest BCUT2D eigenvalue weighted by atomic mass is 9.79. The van der Waals surface area contributed by atoms with E-state index >= 15 is 0 Å². The predicted octanol–water partition coefficient (Wildman–Crippen LogP) is 0.833. The molecule has 1 heterocycles. The minimum Gasteiger partial charge on any atom is -0.389 e. The number of hydrogen-bond acceptors (Lipinski definition) is 3. The summed E-state index contributed by atoms with van der Waals surface area (Å²) in [6, 6.07) is 0. The van der Waals surface area contributed by atoms with Gasteiger partial charge < -0.3 is 10.4 Å². The molecule has 2 fully saturated rings. The van der Waals surface area contributed by atoms with Crippen LogP contribution in [0.1, 0.15) is 32.6 Å². The van der Waals surface area contributed by atoms with E-state index in [2.05, 4.69) is 17.1 Å². The second-order valence-electron chi connectivity index (χ2n) is 5.43. The van der Waals surface area contributed by atoms with Crippen molar-refractivity contribution in [3.8, 4) is 0 Å². The van der Waals surface area contributed by atoms with Crippen LogP contribution in [0, 0.1) is 5.92 Å². The number of hydrogen-bond donors (Lipinski definition) is 2. The van der Waals surface area contributed by atoms with Crippen LogP contribution in [0.25, 0.3) is 0 Å². The molecule has 0 aromatic heterocycles. The lowest BCUT2D eigenvalue weighted by Crippen LogP contribution is -2.51. The molecule has 2 aliphatic rings. The lowest BCUT2D eigenvalue weighted by molar-refractivity contribution is -0.0369. The Labute approximate surface area is 92.8 Å². The molecule has 0 atom stereocenters. The van der Waals surface area contributed by atoms with E-state index in [0.717, 1.165) is 51.5 Å². The van der Waals surface area contributed by atoms with Gasteiger partial charge in [0.05, 0.1) is 5.60 Å². The van der Waals surface area contributed by atoms with Crippen LogP contribution in [0.5, 0.6) is 0 Å². The fourth-order valence-electron chi connectivity index (χ4n) is 2.74. The maximum Gasteiger partial charge on any atom is 0.0774 e. The molecule has 2 N–H and O–H groups in total. The monoisotopic (exact) mass is 212 g/mol. The first-order chi connectivity index (χ1) is 7.18. The zero-order valence-electron chi connectivity index (χ0n) is 9.84. The summed E-state index contributed by atoms with van der Waals surface area (Å²) < 4.78 is 0. The van der Waals surface area contributed by atoms with Gasteiger partial charge in [-0.1, -0.05) is 6.92 Å². The highest BCUT2D eigenvalue weighted by Gasteiger charge is 2.33. The average molecular weight is 212 g/mol. The summed E-state index contributed by atoms with van der Waals surface area (Å²) in [5.74, 6) is 0.813. The van der Waals surface area contributed by atoms with Crippen molar-refractivity contribution in [3.05, 3.63) is 0 Å². The van der Waals surface area contributed by atoms with Gasteiger partial charge in [-0.25, -0.2) is 0 Å². The van der Waals surface area contributed by atoms with Crippen LogP contribution in [0.15, 0.2) is 0 Å². The fraction of sp³-hybridized carbons (Fsp3) is 1.00. The summed E-state index contributed by atoms with van der Waals surface area (Å²) >= 11 is 0. The molecular weight excluding hydrogens is 188 g/mol. The smallest absolute Gasteiger partial charge is 0.0774 e. The minimum atomic E-state index is -0.385. The van der Waals surface area contributed by atoms with Gasteiger partial charge in [0.1, 0.15) is 0 Å². The van der Waals surface area contributed by atoms with Crippen LogP contribution in [0.4, 0.5) is 0 Å². The molecule has 88 valence electrons. The van der Waals surface area contributed by atoms with Crippen molar-refractivity contribution in [2.24, 2.45) is 5.92 Å². The minimum absolute atomic E-state index is 0.385. The molecule has 3 nitrogen and oxygen atoms in total. The number of nitrogens with zero attached hydrogens (tertiary/aromatic N) is 1. The molecule has 15 heavy (non-hydrogen) atoms. The van der Waals surface area contributed by atoms with Crippen molar-refractivity contribution in [2.75, 3.05) is 32.7 Å². The van der Waals surface area contributed by atoms with Gasteiger partial charge in [0.25, 0.3) is 0 Å². The second-order valence-corrected chi connectivity index (χ2v) is 5.43. The molecule has 0 radical (unpaired) electrons. The highest BCUT2D eigenvalue weighted by atomic mass is 16.3. The molecule has 0 bridgehead atoms. The van der Waals surface area contributed by atoms with Crippen LogP contribution in [-0.2, 0) is 0 Å². The Bertz CT molecular complexity index is 194. The van der Waals surface area contributed by atoms with E-state index in [1.807, 2.05) is 0 Å². The maximum atomic E-state index is 10.5. The van der Waals surface area contributed by atoms with E-state index < -0.39 is 0 Å². The van der Waals surface area contributed by atoms with Gasteiger partial charge >= 0.3 is 0 Å². The van der Waals surface area contributed by atoms with Crippen LogP contribution < -0.4 is 5.32 Å². The van der Waals surface area contributed by atoms with Gasteiger partial charge in [0, 0.05) is 32.7 Å². The van der Waals surface area contributed by atoms with E-state index in [0.29, 0.717) is 0 Å². The molecular formula is C12H24N2O. The quantitative estimate of drug-likeness (QED) is 0.712. The van der Waals surface area contributed by atoms with Crippen molar-refractivity contribution in [3.63, 3.8) is 0 Å². The number of aliphatic hydroxyl groups is 1. The van der Waals surface area contributed by atoms with Gasteiger partial charge in [-0.3, -0.25) is 4.90 Å². The topological polar surface area (TPSA) is 35.5 Å². The first-order valence-corrected chi connectivity index (χ1v) is 6.33. The summed E-state index contributed by atoms with van der Waals surface area (Å²) in [7, 11) is 0. The summed E-state index contributed by atoms with van der Waals surface area (Å²) in [5.41, 5.74) is -0.385. The van der Waals surface area contributed by atoms with Gasteiger partial charge in [0.2, 0.25) is 0 Å². The first-order valence-electron chi connectivity index (χ1n) is 6.33. The Morgan fingerprint density at radius 1 is 1.27 bits per heavy atom. The van der Waals surface area contributed by atoms with Gasteiger partial charge in [-0.05, 0) is 31.6 Å². The standard InChI is InChI=1S/C12H24N2O/c1-11-2-4-12(15,5-3-11)10-14-8-6-13-7-9-14/h11,13,15H,2-10H2,1H3. The predicted molar refractivity (Wildman–Crippen MR) is 61.9 cm³/mol. The highest BCUT2D eigenvalue weighted by Crippen LogP contribution is 2.32. The van der Waals surface area contributed by atoms with Crippen molar-refractivity contribution < 1.29 is 5.11 Å². The Hall–Kier alpha value is -0.120. The van der Waals surface area contributed by atoms with Gasteiger partial charge in [-0.2, -0.15) is 0 Å². The summed E-state index contributed by atoms with van der Waals surface area (Å²) in [6.07, 6.45) is 4.39. The van der Waals surface area contributed by atoms with Crippen LogP contribution >= 0.6 is 0 Å². The molecule has 1 aliphatic carbocycles. The Morgan fingerprint density at radius 3 is 2.47 bits per heavy atom. The molecule has 0 aromatic rings. The number of nitrogens with one attached hydrogen (secondary N) is 1. The third kappa shape index (κ3) is 3.16. The fourth-order valence-corrected chi connectivity index (χ4v) is 2.74. The van der Waals surface area contributed by atoms with E-state index in [4.69, 9.17) is 0 Å². The average Bonchev–Trinajstić information content (AvgIpc) is 2.24. The molecule has 3 heteroatoms. The van der Waals surface area contributed by atoms with E-state index in [1.54, 1.807) is 0 Å². The number of rotatable bonds is 2.